The van der Waals surface area contributed by atoms with Gasteiger partial charge in [0.1, 0.15) is 0 Å². The SMILES string of the molecule is O=C(OC(=O)C(F)(F)F)C(F)(F)F.O=NO.[H-].[Na+]. The van der Waals surface area contributed by atoms with Crippen LogP contribution in [-0.2, 0) is 14.3 Å². The van der Waals surface area contributed by atoms with Gasteiger partial charge in [-0.15, -0.1) is 4.91 Å². The van der Waals surface area contributed by atoms with E-state index in [0.29, 0.717) is 0 Å². The van der Waals surface area contributed by atoms with E-state index in [9.17, 15) is 35.9 Å². The van der Waals surface area contributed by atoms with Crippen LogP contribution in [0.1, 0.15) is 1.43 Å². The molecule has 0 rings (SSSR count). The van der Waals surface area contributed by atoms with E-state index in [1.807, 2.05) is 0 Å². The number of carbonyl (C=O) groups is 2. The Balaban J connectivity index is -0.000000177. The molecule has 0 aliphatic rings. The van der Waals surface area contributed by atoms with Gasteiger partial charge >= 0.3 is 53.8 Å². The summed E-state index contributed by atoms with van der Waals surface area (Å²) in [5.74, 6) is -6.40. The van der Waals surface area contributed by atoms with Crippen molar-refractivity contribution in [3.05, 3.63) is 4.91 Å². The predicted octanol–water partition coefficient (Wildman–Crippen LogP) is -1.56. The van der Waals surface area contributed by atoms with E-state index in [1.54, 1.807) is 0 Å². The van der Waals surface area contributed by atoms with Crippen LogP contribution in [0.15, 0.2) is 5.34 Å². The zero-order valence-corrected chi connectivity index (χ0v) is 9.80. The van der Waals surface area contributed by atoms with Gasteiger partial charge in [0.15, 0.2) is 5.34 Å². The zero-order valence-electron chi connectivity index (χ0n) is 8.80. The van der Waals surface area contributed by atoms with Crippen LogP contribution >= 0.6 is 0 Å². The van der Waals surface area contributed by atoms with Crippen molar-refractivity contribution < 1.29 is 76.9 Å². The Labute approximate surface area is 112 Å². The van der Waals surface area contributed by atoms with Gasteiger partial charge in [0.05, 0.1) is 0 Å². The molecule has 0 saturated heterocycles. The molecule has 6 nitrogen and oxygen atoms in total. The topological polar surface area (TPSA) is 93.0 Å². The summed E-state index contributed by atoms with van der Waals surface area (Å²) < 4.78 is 69.7. The standard InChI is InChI=1S/C4F6O3.HNO2.Na.H/c5-3(6,7)1(11)13-2(12)4(8,9)10;2-1-3;;/h;(H,2,3);;/q;;+1;-1. The molecular weight excluding hydrogens is 279 g/mol. The normalized spacial score (nSPS) is 10.2. The third-order valence-corrected chi connectivity index (χ3v) is 0.648. The number of esters is 2. The van der Waals surface area contributed by atoms with E-state index in [2.05, 4.69) is 4.74 Å². The molecule has 0 aliphatic carbocycles. The van der Waals surface area contributed by atoms with Gasteiger partial charge in [-0.25, -0.2) is 9.59 Å². The van der Waals surface area contributed by atoms with Gasteiger partial charge in [-0.05, 0) is 0 Å². The molecule has 1 N–H and O–H groups in total. The molecule has 0 spiro atoms. The summed E-state index contributed by atoms with van der Waals surface area (Å²) in [5, 5.41) is 7.89. The molecule has 13 heteroatoms. The van der Waals surface area contributed by atoms with Crippen molar-refractivity contribution >= 4 is 11.9 Å². The molecule has 0 aliphatic heterocycles. The Bertz CT molecular complexity index is 256. The maximum absolute atomic E-state index is 11.2. The number of halogens is 6. The summed E-state index contributed by atoms with van der Waals surface area (Å²) in [6.45, 7) is 0. The number of hydrogen-bond acceptors (Lipinski definition) is 5. The first kappa shape index (κ1) is 21.4. The van der Waals surface area contributed by atoms with Gasteiger partial charge in [-0.2, -0.15) is 26.3 Å². The Morgan fingerprint density at radius 1 is 1.00 bits per heavy atom. The van der Waals surface area contributed by atoms with E-state index in [-0.39, 0.29) is 31.0 Å². The summed E-state index contributed by atoms with van der Waals surface area (Å²) in [6.07, 6.45) is -11.2. The zero-order chi connectivity index (χ0) is 13.6. The van der Waals surface area contributed by atoms with Crippen molar-refractivity contribution in [2.75, 3.05) is 0 Å². The number of rotatable bonds is 0. The number of hydrogen-bond donors (Lipinski definition) is 1. The average molecular weight is 281 g/mol. The van der Waals surface area contributed by atoms with Gasteiger partial charge in [0.25, 0.3) is 0 Å². The van der Waals surface area contributed by atoms with Crippen LogP contribution in [-0.4, -0.2) is 29.5 Å². The molecule has 0 unspecified atom stereocenters. The molecule has 0 heterocycles. The molecule has 0 aromatic rings. The molecule has 0 aromatic carbocycles. The Kier molecular flexibility index (Phi) is 10.4. The van der Waals surface area contributed by atoms with E-state index in [4.69, 9.17) is 10.1 Å². The van der Waals surface area contributed by atoms with Crippen LogP contribution in [0.25, 0.3) is 0 Å². The van der Waals surface area contributed by atoms with Crippen LogP contribution in [0, 0.1) is 4.91 Å². The second-order valence-electron chi connectivity index (χ2n) is 1.75. The van der Waals surface area contributed by atoms with E-state index in [0.717, 1.165) is 0 Å². The molecule has 0 radical (unpaired) electrons. The molecule has 0 atom stereocenters. The predicted molar refractivity (Wildman–Crippen MR) is 31.9 cm³/mol. The number of nitrogens with zero attached hydrogens (tertiary/aromatic N) is 1. The van der Waals surface area contributed by atoms with E-state index in [1.165, 1.54) is 5.34 Å². The second kappa shape index (κ2) is 8.25. The van der Waals surface area contributed by atoms with E-state index >= 15 is 0 Å². The maximum atomic E-state index is 11.2. The van der Waals surface area contributed by atoms with Crippen molar-refractivity contribution in [1.82, 2.24) is 0 Å². The van der Waals surface area contributed by atoms with Gasteiger partial charge in [0.2, 0.25) is 0 Å². The molecule has 0 fully saturated rings. The fraction of sp³-hybridized carbons (Fsp3) is 0.500. The third kappa shape index (κ3) is 11.4. The monoisotopic (exact) mass is 281 g/mol. The number of carbonyl (C=O) groups excluding carboxylic acids is 2. The quantitative estimate of drug-likeness (QED) is 0.145. The molecule has 17 heavy (non-hydrogen) atoms. The van der Waals surface area contributed by atoms with Crippen LogP contribution in [0.4, 0.5) is 26.3 Å². The van der Waals surface area contributed by atoms with Crippen molar-refractivity contribution in [2.24, 2.45) is 5.34 Å². The minimum Gasteiger partial charge on any atom is -1.00 e. The third-order valence-electron chi connectivity index (χ3n) is 0.648. The van der Waals surface area contributed by atoms with E-state index < -0.39 is 24.3 Å². The Morgan fingerprint density at radius 2 is 1.18 bits per heavy atom. The fourth-order valence-electron chi connectivity index (χ4n) is 0.200. The number of alkyl halides is 6. The van der Waals surface area contributed by atoms with Crippen molar-refractivity contribution in [3.8, 4) is 0 Å². The number of ether oxygens (including phenoxy) is 1. The van der Waals surface area contributed by atoms with Gasteiger partial charge < -0.3 is 11.4 Å². The first-order valence-electron chi connectivity index (χ1n) is 2.83. The summed E-state index contributed by atoms with van der Waals surface area (Å²) in [7, 11) is 0. The molecule has 0 bridgehead atoms. The fourth-order valence-corrected chi connectivity index (χ4v) is 0.200. The largest absolute Gasteiger partial charge is 1.00 e. The van der Waals surface area contributed by atoms with Gasteiger partial charge in [-0.3, -0.25) is 0 Å². The first-order valence-corrected chi connectivity index (χ1v) is 2.83. The minimum absolute atomic E-state index is 0. The Morgan fingerprint density at radius 3 is 1.29 bits per heavy atom. The summed E-state index contributed by atoms with van der Waals surface area (Å²) in [6, 6.07) is 0. The van der Waals surface area contributed by atoms with Crippen molar-refractivity contribution in [2.45, 2.75) is 12.4 Å². The molecule has 0 saturated carbocycles. The van der Waals surface area contributed by atoms with Crippen LogP contribution in [0.5, 0.6) is 0 Å². The van der Waals surface area contributed by atoms with Gasteiger partial charge in [-0.1, -0.05) is 0 Å². The molecule has 0 aromatic heterocycles. The average Bonchev–Trinajstić information content (AvgIpc) is 2.01. The molecule has 96 valence electrons. The minimum atomic E-state index is -5.62. The second-order valence-corrected chi connectivity index (χ2v) is 1.75. The molecule has 0 amide bonds. The van der Waals surface area contributed by atoms with Crippen LogP contribution in [0.2, 0.25) is 0 Å². The smallest absolute Gasteiger partial charge is 1.00 e. The van der Waals surface area contributed by atoms with Crippen molar-refractivity contribution in [1.29, 1.82) is 0 Å². The summed E-state index contributed by atoms with van der Waals surface area (Å²) >= 11 is 0. The van der Waals surface area contributed by atoms with Crippen LogP contribution < -0.4 is 29.6 Å². The Hall–Kier alpha value is -0.880. The summed E-state index contributed by atoms with van der Waals surface area (Å²) in [4.78, 5) is 27.4. The molecular formula is C4H2F6NNaO5. The van der Waals surface area contributed by atoms with Crippen molar-refractivity contribution in [3.63, 3.8) is 0 Å². The first-order chi connectivity index (χ1) is 6.96. The summed E-state index contributed by atoms with van der Waals surface area (Å²) in [5.41, 5.74) is 0. The van der Waals surface area contributed by atoms with Gasteiger partial charge in [0, 0.05) is 0 Å². The van der Waals surface area contributed by atoms with Crippen LogP contribution in [0.3, 0.4) is 0 Å². The maximum Gasteiger partial charge on any atom is 1.00 e.